The van der Waals surface area contributed by atoms with Crippen LogP contribution in [0.3, 0.4) is 0 Å². The van der Waals surface area contributed by atoms with Gasteiger partial charge in [-0.3, -0.25) is 4.79 Å². The zero-order valence-corrected chi connectivity index (χ0v) is 13.4. The topological polar surface area (TPSA) is 23.6 Å². The molecule has 2 heterocycles. The van der Waals surface area contributed by atoms with E-state index >= 15 is 0 Å². The predicted molar refractivity (Wildman–Crippen MR) is 95.3 cm³/mol. The smallest absolute Gasteiger partial charge is 0.195 e. The van der Waals surface area contributed by atoms with Crippen LogP contribution < -0.4 is 10.3 Å². The van der Waals surface area contributed by atoms with Crippen LogP contribution >= 0.6 is 11.3 Å². The minimum Gasteiger partial charge on any atom is -0.369 e. The van der Waals surface area contributed by atoms with Gasteiger partial charge in [-0.15, -0.1) is 11.3 Å². The lowest BCUT2D eigenvalue weighted by molar-refractivity contribution is 0.313. The highest BCUT2D eigenvalue weighted by Gasteiger charge is 2.15. The molecule has 3 nitrogen and oxygen atoms in total. The van der Waals surface area contributed by atoms with Crippen LogP contribution in [-0.4, -0.2) is 38.1 Å². The van der Waals surface area contributed by atoms with Gasteiger partial charge in [0, 0.05) is 52.0 Å². The van der Waals surface area contributed by atoms with E-state index < -0.39 is 0 Å². The Hall–Kier alpha value is -1.91. The van der Waals surface area contributed by atoms with Gasteiger partial charge in [0.25, 0.3) is 0 Å². The maximum Gasteiger partial charge on any atom is 0.195 e. The van der Waals surface area contributed by atoms with Crippen molar-refractivity contribution in [2.75, 3.05) is 38.1 Å². The fourth-order valence-corrected chi connectivity index (χ4v) is 4.10. The number of hydrogen-bond donors (Lipinski definition) is 0. The first-order valence-electron chi connectivity index (χ1n) is 7.61. The van der Waals surface area contributed by atoms with E-state index in [1.54, 1.807) is 11.3 Å². The molecule has 112 valence electrons. The molecule has 4 heteroatoms. The molecule has 3 aromatic rings. The maximum absolute atomic E-state index is 12.8. The number of benzene rings is 2. The monoisotopic (exact) mass is 310 g/mol. The van der Waals surface area contributed by atoms with Gasteiger partial charge in [0.15, 0.2) is 5.43 Å². The van der Waals surface area contributed by atoms with E-state index in [1.165, 1.54) is 5.69 Å². The Bertz CT molecular complexity index is 894. The zero-order chi connectivity index (χ0) is 15.1. The number of likely N-dealkylation sites (N-methyl/N-ethyl adjacent to an activating group) is 1. The summed E-state index contributed by atoms with van der Waals surface area (Å²) in [5.74, 6) is 0. The van der Waals surface area contributed by atoms with Crippen LogP contribution in [0.25, 0.3) is 20.2 Å². The van der Waals surface area contributed by atoms with E-state index in [0.29, 0.717) is 0 Å². The van der Waals surface area contributed by atoms with Gasteiger partial charge in [-0.05, 0) is 37.4 Å². The number of rotatable bonds is 1. The summed E-state index contributed by atoms with van der Waals surface area (Å²) in [6.45, 7) is 4.19. The number of fused-ring (bicyclic) bond motifs is 2. The molecule has 0 N–H and O–H groups in total. The molecule has 1 fully saturated rings. The Labute approximate surface area is 133 Å². The van der Waals surface area contributed by atoms with E-state index in [4.69, 9.17) is 0 Å². The van der Waals surface area contributed by atoms with Crippen molar-refractivity contribution in [2.24, 2.45) is 0 Å². The van der Waals surface area contributed by atoms with Crippen molar-refractivity contribution >= 4 is 37.2 Å². The fourth-order valence-electron chi connectivity index (χ4n) is 3.05. The van der Waals surface area contributed by atoms with Crippen molar-refractivity contribution in [2.45, 2.75) is 0 Å². The van der Waals surface area contributed by atoms with Crippen LogP contribution in [0.15, 0.2) is 47.3 Å². The van der Waals surface area contributed by atoms with Crippen LogP contribution in [-0.2, 0) is 0 Å². The lowest BCUT2D eigenvalue weighted by Crippen LogP contribution is -2.44. The molecule has 1 aromatic heterocycles. The van der Waals surface area contributed by atoms with Gasteiger partial charge in [-0.2, -0.15) is 0 Å². The highest BCUT2D eigenvalue weighted by Crippen LogP contribution is 2.28. The first kappa shape index (κ1) is 13.7. The second-order valence-corrected chi connectivity index (χ2v) is 6.98. The predicted octanol–water partition coefficient (Wildman–Crippen LogP) is 3.17. The Morgan fingerprint density at radius 3 is 2.45 bits per heavy atom. The first-order valence-corrected chi connectivity index (χ1v) is 8.43. The molecule has 0 unspecified atom stereocenters. The van der Waals surface area contributed by atoms with Crippen molar-refractivity contribution in [3.8, 4) is 0 Å². The molecule has 0 saturated carbocycles. The highest BCUT2D eigenvalue weighted by atomic mass is 32.1. The second kappa shape index (κ2) is 5.38. The summed E-state index contributed by atoms with van der Waals surface area (Å²) in [5, 5.41) is 1.68. The summed E-state index contributed by atoms with van der Waals surface area (Å²) in [4.78, 5) is 17.5. The summed E-state index contributed by atoms with van der Waals surface area (Å²) < 4.78 is 2.13. The largest absolute Gasteiger partial charge is 0.369 e. The number of anilines is 1. The SMILES string of the molecule is CN1CCN(c2ccc3sc4ccccc4c(=O)c3c2)CC1. The molecule has 1 saturated heterocycles. The third-order valence-corrected chi connectivity index (χ3v) is 5.58. The highest BCUT2D eigenvalue weighted by molar-refractivity contribution is 7.24. The van der Waals surface area contributed by atoms with Gasteiger partial charge in [0.2, 0.25) is 0 Å². The quantitative estimate of drug-likeness (QED) is 0.645. The third kappa shape index (κ3) is 2.28. The Morgan fingerprint density at radius 1 is 0.909 bits per heavy atom. The molecule has 0 atom stereocenters. The lowest BCUT2D eigenvalue weighted by atomic mass is 10.1. The molecule has 2 aromatic carbocycles. The molecule has 0 amide bonds. The normalized spacial score (nSPS) is 16.5. The zero-order valence-electron chi connectivity index (χ0n) is 12.6. The van der Waals surface area contributed by atoms with Crippen LogP contribution in [0.2, 0.25) is 0 Å². The lowest BCUT2D eigenvalue weighted by Gasteiger charge is -2.34. The van der Waals surface area contributed by atoms with E-state index in [2.05, 4.69) is 35.0 Å². The van der Waals surface area contributed by atoms with E-state index in [-0.39, 0.29) is 5.43 Å². The van der Waals surface area contributed by atoms with Gasteiger partial charge in [0.1, 0.15) is 0 Å². The molecule has 0 radical (unpaired) electrons. The van der Waals surface area contributed by atoms with Crippen LogP contribution in [0.1, 0.15) is 0 Å². The third-order valence-electron chi connectivity index (χ3n) is 4.43. The molecule has 1 aliphatic rings. The van der Waals surface area contributed by atoms with Gasteiger partial charge in [-0.1, -0.05) is 12.1 Å². The summed E-state index contributed by atoms with van der Waals surface area (Å²) in [6.07, 6.45) is 0. The van der Waals surface area contributed by atoms with Crippen LogP contribution in [0, 0.1) is 0 Å². The summed E-state index contributed by atoms with van der Waals surface area (Å²) in [7, 11) is 2.15. The van der Waals surface area contributed by atoms with Gasteiger partial charge < -0.3 is 9.80 Å². The molecular formula is C18H18N2OS. The molecule has 0 bridgehead atoms. The molecule has 0 aliphatic carbocycles. The summed E-state index contributed by atoms with van der Waals surface area (Å²) >= 11 is 1.69. The van der Waals surface area contributed by atoms with Crippen LogP contribution in [0.5, 0.6) is 0 Å². The Balaban J connectivity index is 1.85. The van der Waals surface area contributed by atoms with Gasteiger partial charge in [0.05, 0.1) is 0 Å². The Kier molecular flexibility index (Phi) is 3.36. The maximum atomic E-state index is 12.8. The van der Waals surface area contributed by atoms with Gasteiger partial charge in [-0.25, -0.2) is 0 Å². The Morgan fingerprint density at radius 2 is 1.64 bits per heavy atom. The van der Waals surface area contributed by atoms with E-state index in [1.807, 2.05) is 24.3 Å². The summed E-state index contributed by atoms with van der Waals surface area (Å²) in [5.41, 5.74) is 1.32. The van der Waals surface area contributed by atoms with E-state index in [9.17, 15) is 4.79 Å². The fraction of sp³-hybridized carbons (Fsp3) is 0.278. The molecule has 1 aliphatic heterocycles. The average molecular weight is 310 g/mol. The number of hydrogen-bond acceptors (Lipinski definition) is 4. The first-order chi connectivity index (χ1) is 10.7. The summed E-state index contributed by atoms with van der Waals surface area (Å²) in [6, 6.07) is 14.2. The second-order valence-electron chi connectivity index (χ2n) is 5.90. The standard InChI is InChI=1S/C18H18N2OS/c1-19-8-10-20(11-9-19)13-6-7-17-15(12-13)18(21)14-4-2-3-5-16(14)22-17/h2-7,12H,8-11H2,1H3. The molecular weight excluding hydrogens is 292 g/mol. The minimum absolute atomic E-state index is 0.153. The van der Waals surface area contributed by atoms with Crippen molar-refractivity contribution in [1.82, 2.24) is 4.90 Å². The van der Waals surface area contributed by atoms with Crippen molar-refractivity contribution in [1.29, 1.82) is 0 Å². The van der Waals surface area contributed by atoms with Crippen molar-refractivity contribution in [3.05, 3.63) is 52.7 Å². The minimum atomic E-state index is 0.153. The number of nitrogens with zero attached hydrogens (tertiary/aromatic N) is 2. The van der Waals surface area contributed by atoms with Crippen molar-refractivity contribution in [3.63, 3.8) is 0 Å². The van der Waals surface area contributed by atoms with Gasteiger partial charge >= 0.3 is 0 Å². The van der Waals surface area contributed by atoms with Crippen molar-refractivity contribution < 1.29 is 0 Å². The molecule has 4 rings (SSSR count). The number of piperazine rings is 1. The molecule has 22 heavy (non-hydrogen) atoms. The average Bonchev–Trinajstić information content (AvgIpc) is 2.56. The van der Waals surface area contributed by atoms with E-state index in [0.717, 1.165) is 46.4 Å². The molecule has 0 spiro atoms. The van der Waals surface area contributed by atoms with Crippen LogP contribution in [0.4, 0.5) is 5.69 Å².